The zero-order valence-corrected chi connectivity index (χ0v) is 20.8. The van der Waals surface area contributed by atoms with Crippen LogP contribution in [0.1, 0.15) is 47.1 Å². The number of rotatable bonds is 9. The molecule has 7 nitrogen and oxygen atoms in total. The van der Waals surface area contributed by atoms with Gasteiger partial charge in [-0.15, -0.1) is 0 Å². The van der Waals surface area contributed by atoms with Crippen molar-refractivity contribution in [3.8, 4) is 11.5 Å². The summed E-state index contributed by atoms with van der Waals surface area (Å²) in [6.07, 6.45) is 2.66. The summed E-state index contributed by atoms with van der Waals surface area (Å²) in [6.45, 7) is 8.60. The smallest absolute Gasteiger partial charge is 0.219 e. The number of carbonyl (C=O) groups excluding carboxylic acids is 2. The van der Waals surface area contributed by atoms with E-state index in [-0.39, 0.29) is 17.7 Å². The van der Waals surface area contributed by atoms with E-state index in [1.807, 2.05) is 37.1 Å². The Bertz CT molecular complexity index is 990. The van der Waals surface area contributed by atoms with Crippen molar-refractivity contribution in [1.29, 1.82) is 0 Å². The summed E-state index contributed by atoms with van der Waals surface area (Å²) in [6, 6.07) is 8.27. The highest BCUT2D eigenvalue weighted by Crippen LogP contribution is 2.28. The molecule has 1 aromatic heterocycles. The molecular formula is C26H37N3O4. The van der Waals surface area contributed by atoms with Crippen LogP contribution in [0.4, 0.5) is 0 Å². The third-order valence-electron chi connectivity index (χ3n) is 6.91. The van der Waals surface area contributed by atoms with Crippen LogP contribution in [0.2, 0.25) is 0 Å². The van der Waals surface area contributed by atoms with E-state index in [9.17, 15) is 9.59 Å². The van der Waals surface area contributed by atoms with Gasteiger partial charge in [0.15, 0.2) is 17.3 Å². The number of aromatic nitrogens is 1. The number of aryl methyl sites for hydroxylation is 2. The molecule has 1 amide bonds. The number of likely N-dealkylation sites (tertiary alicyclic amines) is 1. The average Bonchev–Trinajstić information content (AvgIpc) is 3.10. The standard InChI is InChI=1S/C26H37N3O4/c1-18-15-23(24(31)17-28-12-10-22(11-13-28)27(4)20(3)30)19(2)29(18)14-9-21-7-8-25(32-5)26(16-21)33-6/h7-8,15-16,22H,9-14,17H2,1-6H3. The van der Waals surface area contributed by atoms with Gasteiger partial charge in [-0.25, -0.2) is 0 Å². The van der Waals surface area contributed by atoms with E-state index in [1.54, 1.807) is 21.1 Å². The lowest BCUT2D eigenvalue weighted by atomic mass is 10.0. The van der Waals surface area contributed by atoms with Crippen LogP contribution in [0.5, 0.6) is 11.5 Å². The predicted octanol–water partition coefficient (Wildman–Crippen LogP) is 3.49. The number of methoxy groups -OCH3 is 2. The van der Waals surface area contributed by atoms with Gasteiger partial charge in [-0.2, -0.15) is 0 Å². The van der Waals surface area contributed by atoms with Gasteiger partial charge in [0.25, 0.3) is 0 Å². The summed E-state index contributed by atoms with van der Waals surface area (Å²) >= 11 is 0. The lowest BCUT2D eigenvalue weighted by Crippen LogP contribution is -2.46. The summed E-state index contributed by atoms with van der Waals surface area (Å²) in [5.74, 6) is 1.72. The molecule has 2 aromatic rings. The van der Waals surface area contributed by atoms with Crippen LogP contribution in [0.25, 0.3) is 0 Å². The maximum Gasteiger partial charge on any atom is 0.219 e. The Kier molecular flexibility index (Phi) is 8.19. The van der Waals surface area contributed by atoms with Crippen LogP contribution in [0.15, 0.2) is 24.3 Å². The monoisotopic (exact) mass is 455 g/mol. The first kappa shape index (κ1) is 24.8. The summed E-state index contributed by atoms with van der Waals surface area (Å²) in [5.41, 5.74) is 4.08. The van der Waals surface area contributed by atoms with Gasteiger partial charge >= 0.3 is 0 Å². The summed E-state index contributed by atoms with van der Waals surface area (Å²) in [4.78, 5) is 28.7. The van der Waals surface area contributed by atoms with Crippen molar-refractivity contribution in [2.24, 2.45) is 0 Å². The van der Waals surface area contributed by atoms with Gasteiger partial charge in [-0.3, -0.25) is 14.5 Å². The molecule has 1 aliphatic heterocycles. The number of benzene rings is 1. The number of ketones is 1. The SMILES string of the molecule is COc1ccc(CCn2c(C)cc(C(=O)CN3CCC(N(C)C(C)=O)CC3)c2C)cc1OC. The van der Waals surface area contributed by atoms with Gasteiger partial charge in [-0.05, 0) is 56.9 Å². The molecule has 1 aliphatic rings. The third kappa shape index (κ3) is 5.77. The molecule has 0 atom stereocenters. The maximum atomic E-state index is 13.1. The van der Waals surface area contributed by atoms with E-state index in [4.69, 9.17) is 9.47 Å². The lowest BCUT2D eigenvalue weighted by Gasteiger charge is -2.36. The molecule has 0 spiro atoms. The Balaban J connectivity index is 1.61. The molecule has 0 unspecified atom stereocenters. The highest BCUT2D eigenvalue weighted by molar-refractivity contribution is 5.99. The highest BCUT2D eigenvalue weighted by Gasteiger charge is 2.26. The van der Waals surface area contributed by atoms with Crippen LogP contribution < -0.4 is 9.47 Å². The summed E-state index contributed by atoms with van der Waals surface area (Å²) < 4.78 is 13.0. The first-order chi connectivity index (χ1) is 15.7. The van der Waals surface area contributed by atoms with Crippen molar-refractivity contribution in [3.05, 3.63) is 46.8 Å². The van der Waals surface area contributed by atoms with E-state index in [2.05, 4.69) is 22.5 Å². The van der Waals surface area contributed by atoms with Crippen molar-refractivity contribution in [2.45, 2.75) is 52.6 Å². The van der Waals surface area contributed by atoms with Gasteiger partial charge in [0.05, 0.1) is 20.8 Å². The largest absolute Gasteiger partial charge is 0.493 e. The lowest BCUT2D eigenvalue weighted by molar-refractivity contribution is -0.130. The van der Waals surface area contributed by atoms with E-state index < -0.39 is 0 Å². The van der Waals surface area contributed by atoms with Crippen molar-refractivity contribution in [3.63, 3.8) is 0 Å². The molecule has 0 saturated carbocycles. The quantitative estimate of drug-likeness (QED) is 0.542. The Morgan fingerprint density at radius 2 is 1.73 bits per heavy atom. The number of amides is 1. The number of hydrogen-bond donors (Lipinski definition) is 0. The number of Topliss-reactive ketones (excluding diaryl/α,β-unsaturated/α-hetero) is 1. The molecule has 1 fully saturated rings. The second-order valence-electron chi connectivity index (χ2n) is 8.94. The highest BCUT2D eigenvalue weighted by atomic mass is 16.5. The molecule has 0 bridgehead atoms. The van der Waals surface area contributed by atoms with Crippen molar-refractivity contribution < 1.29 is 19.1 Å². The fraction of sp³-hybridized carbons (Fsp3) is 0.538. The number of piperidine rings is 1. The van der Waals surface area contributed by atoms with Crippen LogP contribution in [-0.2, 0) is 17.8 Å². The molecule has 3 rings (SSSR count). The molecule has 0 aliphatic carbocycles. The molecule has 0 N–H and O–H groups in total. The first-order valence-electron chi connectivity index (χ1n) is 11.6. The second kappa shape index (κ2) is 10.9. The predicted molar refractivity (Wildman–Crippen MR) is 129 cm³/mol. The Hall–Kier alpha value is -2.80. The fourth-order valence-electron chi connectivity index (χ4n) is 4.71. The van der Waals surface area contributed by atoms with Crippen molar-refractivity contribution in [2.75, 3.05) is 40.9 Å². The fourth-order valence-corrected chi connectivity index (χ4v) is 4.71. The van der Waals surface area contributed by atoms with Gasteiger partial charge in [0.2, 0.25) is 5.91 Å². The van der Waals surface area contributed by atoms with E-state index in [1.165, 1.54) is 0 Å². The summed E-state index contributed by atoms with van der Waals surface area (Å²) in [5, 5.41) is 0. The molecule has 2 heterocycles. The Morgan fingerprint density at radius 3 is 2.33 bits per heavy atom. The minimum atomic E-state index is 0.102. The Morgan fingerprint density at radius 1 is 1.06 bits per heavy atom. The van der Waals surface area contributed by atoms with Crippen LogP contribution in [0, 0.1) is 13.8 Å². The van der Waals surface area contributed by atoms with E-state index in [0.717, 1.165) is 72.9 Å². The number of carbonyl (C=O) groups is 2. The molecule has 33 heavy (non-hydrogen) atoms. The second-order valence-corrected chi connectivity index (χ2v) is 8.94. The van der Waals surface area contributed by atoms with E-state index >= 15 is 0 Å². The van der Waals surface area contributed by atoms with Crippen LogP contribution in [0.3, 0.4) is 0 Å². The zero-order valence-electron chi connectivity index (χ0n) is 20.8. The zero-order chi connectivity index (χ0) is 24.1. The molecule has 7 heteroatoms. The van der Waals surface area contributed by atoms with Crippen LogP contribution in [-0.4, -0.2) is 73.0 Å². The average molecular weight is 456 g/mol. The topological polar surface area (TPSA) is 64.0 Å². The minimum absolute atomic E-state index is 0.102. The molecule has 0 radical (unpaired) electrons. The molecule has 180 valence electrons. The van der Waals surface area contributed by atoms with Crippen LogP contribution >= 0.6 is 0 Å². The number of hydrogen-bond acceptors (Lipinski definition) is 5. The van der Waals surface area contributed by atoms with Crippen molar-refractivity contribution >= 4 is 11.7 Å². The molecular weight excluding hydrogens is 418 g/mol. The maximum absolute atomic E-state index is 13.1. The molecule has 1 aromatic carbocycles. The van der Waals surface area contributed by atoms with Crippen molar-refractivity contribution in [1.82, 2.24) is 14.4 Å². The summed E-state index contributed by atoms with van der Waals surface area (Å²) in [7, 11) is 5.14. The van der Waals surface area contributed by atoms with Gasteiger partial charge in [0, 0.05) is 56.6 Å². The Labute approximate surface area is 197 Å². The van der Waals surface area contributed by atoms with E-state index in [0.29, 0.717) is 6.54 Å². The third-order valence-corrected chi connectivity index (χ3v) is 6.91. The van der Waals surface area contributed by atoms with Gasteiger partial charge in [0.1, 0.15) is 0 Å². The first-order valence-corrected chi connectivity index (χ1v) is 11.6. The number of ether oxygens (including phenoxy) is 2. The molecule has 1 saturated heterocycles. The van der Waals surface area contributed by atoms with Gasteiger partial charge in [-0.1, -0.05) is 6.07 Å². The van der Waals surface area contributed by atoms with Gasteiger partial charge < -0.3 is 18.9 Å². The normalized spacial score (nSPS) is 14.8. The minimum Gasteiger partial charge on any atom is -0.493 e. The number of nitrogens with zero attached hydrogens (tertiary/aromatic N) is 3.